The molecule has 0 saturated carbocycles. The summed E-state index contributed by atoms with van der Waals surface area (Å²) in [6, 6.07) is 17.2. The van der Waals surface area contributed by atoms with Crippen LogP contribution in [0.15, 0.2) is 48.5 Å². The first kappa shape index (κ1) is 24.6. The van der Waals surface area contributed by atoms with Crippen LogP contribution in [0, 0.1) is 0 Å². The Balaban J connectivity index is 0.00000190. The fraction of sp³-hybridized carbons (Fsp3) is 0.500. The molecule has 0 amide bonds. The lowest BCUT2D eigenvalue weighted by molar-refractivity contribution is 0.137. The highest BCUT2D eigenvalue weighted by molar-refractivity contribution is 6.31. The third-order valence-corrected chi connectivity index (χ3v) is 5.03. The standard InChI is InChI=1S/C22H32ClN3.C2H6/c1-4-8-21(17-25(2)3)26(16-20-11-5-6-12-22(20)23)15-19-10-7-9-18(13-19)14-24;1-2/h5-7,9-13,21H,4,8,14-17,24H2,1-3H3;1-2H3/t21-;/m0./s1. The van der Waals surface area contributed by atoms with Crippen LogP contribution in [0.3, 0.4) is 0 Å². The molecule has 0 spiro atoms. The molecule has 3 nitrogen and oxygen atoms in total. The molecule has 28 heavy (non-hydrogen) atoms. The molecule has 0 aliphatic rings. The molecule has 1 atom stereocenters. The molecule has 0 radical (unpaired) electrons. The Bertz CT molecular complexity index is 672. The molecule has 2 rings (SSSR count). The van der Waals surface area contributed by atoms with Crippen LogP contribution in [0.2, 0.25) is 5.02 Å². The number of hydrogen-bond acceptors (Lipinski definition) is 3. The highest BCUT2D eigenvalue weighted by Gasteiger charge is 2.20. The number of rotatable bonds is 10. The maximum absolute atomic E-state index is 6.45. The maximum atomic E-state index is 6.45. The van der Waals surface area contributed by atoms with Crippen LogP contribution in [-0.2, 0) is 19.6 Å². The van der Waals surface area contributed by atoms with Gasteiger partial charge in [0.05, 0.1) is 0 Å². The van der Waals surface area contributed by atoms with Crippen molar-refractivity contribution < 1.29 is 0 Å². The fourth-order valence-electron chi connectivity index (χ4n) is 3.39. The van der Waals surface area contributed by atoms with Crippen molar-refractivity contribution >= 4 is 11.6 Å². The van der Waals surface area contributed by atoms with Crippen molar-refractivity contribution in [3.63, 3.8) is 0 Å². The van der Waals surface area contributed by atoms with Crippen molar-refractivity contribution in [2.24, 2.45) is 5.73 Å². The molecule has 0 aliphatic heterocycles. The summed E-state index contributed by atoms with van der Waals surface area (Å²) in [4.78, 5) is 4.83. The monoisotopic (exact) mass is 403 g/mol. The third-order valence-electron chi connectivity index (χ3n) is 4.66. The van der Waals surface area contributed by atoms with Gasteiger partial charge in [0.2, 0.25) is 0 Å². The highest BCUT2D eigenvalue weighted by atomic mass is 35.5. The van der Waals surface area contributed by atoms with Crippen LogP contribution in [-0.4, -0.2) is 36.5 Å². The van der Waals surface area contributed by atoms with Crippen LogP contribution in [0.5, 0.6) is 0 Å². The van der Waals surface area contributed by atoms with E-state index in [9.17, 15) is 0 Å². The zero-order valence-electron chi connectivity index (χ0n) is 18.3. The average molecular weight is 404 g/mol. The third kappa shape index (κ3) is 8.32. The second-order valence-corrected chi connectivity index (χ2v) is 7.63. The van der Waals surface area contributed by atoms with Crippen LogP contribution in [0.4, 0.5) is 0 Å². The van der Waals surface area contributed by atoms with E-state index in [4.69, 9.17) is 17.3 Å². The predicted molar refractivity (Wildman–Crippen MR) is 124 cm³/mol. The molecule has 156 valence electrons. The molecule has 2 N–H and O–H groups in total. The van der Waals surface area contributed by atoms with Gasteiger partial charge in [-0.15, -0.1) is 0 Å². The van der Waals surface area contributed by atoms with E-state index in [2.05, 4.69) is 67.2 Å². The molecule has 0 saturated heterocycles. The normalized spacial score (nSPS) is 12.0. The summed E-state index contributed by atoms with van der Waals surface area (Å²) in [7, 11) is 4.29. The summed E-state index contributed by atoms with van der Waals surface area (Å²) < 4.78 is 0. The van der Waals surface area contributed by atoms with E-state index in [1.165, 1.54) is 29.5 Å². The molecule has 0 heterocycles. The minimum Gasteiger partial charge on any atom is -0.326 e. The van der Waals surface area contributed by atoms with E-state index in [-0.39, 0.29) is 0 Å². The van der Waals surface area contributed by atoms with E-state index in [1.54, 1.807) is 0 Å². The van der Waals surface area contributed by atoms with Gasteiger partial charge in [0.1, 0.15) is 0 Å². The van der Waals surface area contributed by atoms with Gasteiger partial charge >= 0.3 is 0 Å². The molecule has 0 aliphatic carbocycles. The van der Waals surface area contributed by atoms with Gasteiger partial charge in [0.25, 0.3) is 0 Å². The number of hydrogen-bond donors (Lipinski definition) is 1. The predicted octanol–water partition coefficient (Wildman–Crippen LogP) is 5.56. The number of likely N-dealkylation sites (N-methyl/N-ethyl adjacent to an activating group) is 1. The number of halogens is 1. The lowest BCUT2D eigenvalue weighted by Crippen LogP contribution is -2.41. The van der Waals surface area contributed by atoms with Crippen LogP contribution in [0.25, 0.3) is 0 Å². The SMILES string of the molecule is CC.CCC[C@@H](CN(C)C)N(Cc1cccc(CN)c1)Cc1ccccc1Cl. The molecular formula is C24H38ClN3. The lowest BCUT2D eigenvalue weighted by Gasteiger charge is -2.34. The average Bonchev–Trinajstić information content (AvgIpc) is 2.70. The van der Waals surface area contributed by atoms with E-state index >= 15 is 0 Å². The van der Waals surface area contributed by atoms with Crippen molar-refractivity contribution in [3.8, 4) is 0 Å². The van der Waals surface area contributed by atoms with E-state index < -0.39 is 0 Å². The van der Waals surface area contributed by atoms with Gasteiger partial charge in [-0.25, -0.2) is 0 Å². The summed E-state index contributed by atoms with van der Waals surface area (Å²) in [6.07, 6.45) is 2.33. The van der Waals surface area contributed by atoms with Crippen molar-refractivity contribution in [2.75, 3.05) is 20.6 Å². The maximum Gasteiger partial charge on any atom is 0.0451 e. The summed E-state index contributed by atoms with van der Waals surface area (Å²) in [5.74, 6) is 0. The Hall–Kier alpha value is -1.39. The summed E-state index contributed by atoms with van der Waals surface area (Å²) in [5, 5.41) is 0.841. The molecule has 2 aromatic carbocycles. The smallest absolute Gasteiger partial charge is 0.0451 e. The molecule has 0 aromatic heterocycles. The van der Waals surface area contributed by atoms with Crippen molar-refractivity contribution in [1.29, 1.82) is 0 Å². The minimum absolute atomic E-state index is 0.479. The highest BCUT2D eigenvalue weighted by Crippen LogP contribution is 2.22. The van der Waals surface area contributed by atoms with Gasteiger partial charge in [0, 0.05) is 37.2 Å². The van der Waals surface area contributed by atoms with Gasteiger partial charge in [-0.3, -0.25) is 4.90 Å². The van der Waals surface area contributed by atoms with Crippen LogP contribution < -0.4 is 5.73 Å². The zero-order chi connectivity index (χ0) is 20.9. The summed E-state index contributed by atoms with van der Waals surface area (Å²) in [6.45, 7) is 9.62. The first-order valence-electron chi connectivity index (χ1n) is 10.4. The molecule has 0 fully saturated rings. The molecule has 0 unspecified atom stereocenters. The second kappa shape index (κ2) is 13.7. The number of nitrogens with zero attached hydrogens (tertiary/aromatic N) is 2. The first-order valence-corrected chi connectivity index (χ1v) is 10.8. The van der Waals surface area contributed by atoms with E-state index in [0.29, 0.717) is 12.6 Å². The van der Waals surface area contributed by atoms with Gasteiger partial charge in [-0.1, -0.05) is 81.3 Å². The summed E-state index contributed by atoms with van der Waals surface area (Å²) >= 11 is 6.45. The Morgan fingerprint density at radius 2 is 1.64 bits per heavy atom. The van der Waals surface area contributed by atoms with Gasteiger partial charge < -0.3 is 10.6 Å². The van der Waals surface area contributed by atoms with Gasteiger partial charge in [-0.05, 0) is 43.3 Å². The zero-order valence-corrected chi connectivity index (χ0v) is 19.0. The minimum atomic E-state index is 0.479. The number of benzene rings is 2. The second-order valence-electron chi connectivity index (χ2n) is 7.23. The molecule has 4 heteroatoms. The molecule has 2 aromatic rings. The van der Waals surface area contributed by atoms with Gasteiger partial charge in [-0.2, -0.15) is 0 Å². The van der Waals surface area contributed by atoms with E-state index in [0.717, 1.165) is 24.7 Å². The van der Waals surface area contributed by atoms with Crippen LogP contribution >= 0.6 is 11.6 Å². The first-order chi connectivity index (χ1) is 13.5. The largest absolute Gasteiger partial charge is 0.326 e. The Morgan fingerprint density at radius 1 is 0.964 bits per heavy atom. The van der Waals surface area contributed by atoms with Crippen molar-refractivity contribution in [1.82, 2.24) is 9.80 Å². The molecular weight excluding hydrogens is 366 g/mol. The Labute approximate surface area is 177 Å². The molecule has 0 bridgehead atoms. The van der Waals surface area contributed by atoms with Gasteiger partial charge in [0.15, 0.2) is 0 Å². The van der Waals surface area contributed by atoms with E-state index in [1.807, 2.05) is 26.0 Å². The Morgan fingerprint density at radius 3 is 2.25 bits per heavy atom. The number of nitrogens with two attached hydrogens (primary N) is 1. The quantitative estimate of drug-likeness (QED) is 0.563. The van der Waals surface area contributed by atoms with Crippen molar-refractivity contribution in [2.45, 2.75) is 59.3 Å². The Kier molecular flexibility index (Phi) is 12.1. The van der Waals surface area contributed by atoms with Crippen LogP contribution in [0.1, 0.15) is 50.3 Å². The fourth-order valence-corrected chi connectivity index (χ4v) is 3.59. The summed E-state index contributed by atoms with van der Waals surface area (Å²) in [5.41, 5.74) is 9.50. The van der Waals surface area contributed by atoms with Crippen molar-refractivity contribution in [3.05, 3.63) is 70.2 Å². The topological polar surface area (TPSA) is 32.5 Å². The lowest BCUT2D eigenvalue weighted by atomic mass is 10.0.